The molecular formula is C13H21NO2S. The Labute approximate surface area is 104 Å². The molecule has 0 atom stereocenters. The van der Waals surface area contributed by atoms with Crippen LogP contribution in [0.3, 0.4) is 0 Å². The first-order chi connectivity index (χ1) is 7.93. The molecule has 0 aromatic heterocycles. The Morgan fingerprint density at radius 3 is 2.18 bits per heavy atom. The summed E-state index contributed by atoms with van der Waals surface area (Å²) in [5.74, 6) is 0.482. The van der Waals surface area contributed by atoms with Crippen LogP contribution in [-0.2, 0) is 9.84 Å². The van der Waals surface area contributed by atoms with Crippen LogP contribution >= 0.6 is 0 Å². The predicted molar refractivity (Wildman–Crippen MR) is 73.4 cm³/mol. The van der Waals surface area contributed by atoms with E-state index < -0.39 is 9.84 Å². The van der Waals surface area contributed by atoms with Crippen molar-refractivity contribution in [2.45, 2.75) is 27.2 Å². The monoisotopic (exact) mass is 255 g/mol. The third-order valence-corrected chi connectivity index (χ3v) is 4.34. The lowest BCUT2D eigenvalue weighted by molar-refractivity contribution is 0.595. The van der Waals surface area contributed by atoms with Crippen LogP contribution in [0.25, 0.3) is 0 Å². The van der Waals surface area contributed by atoms with Gasteiger partial charge in [-0.1, -0.05) is 13.0 Å². The maximum Gasteiger partial charge on any atom is 0.152 e. The molecule has 1 rings (SSSR count). The van der Waals surface area contributed by atoms with Gasteiger partial charge in [-0.05, 0) is 43.5 Å². The van der Waals surface area contributed by atoms with E-state index in [1.807, 2.05) is 32.9 Å². The molecule has 1 N–H and O–H groups in total. The molecule has 96 valence electrons. The SMILES string of the molecule is CCCS(=O)(=O)CCNc1cc(C)cc(C)c1. The van der Waals surface area contributed by atoms with Gasteiger partial charge in [0.2, 0.25) is 0 Å². The van der Waals surface area contributed by atoms with Crippen LogP contribution in [0.5, 0.6) is 0 Å². The lowest BCUT2D eigenvalue weighted by Crippen LogP contribution is -2.18. The molecule has 0 heterocycles. The number of hydrogen-bond donors (Lipinski definition) is 1. The molecule has 0 unspecified atom stereocenters. The van der Waals surface area contributed by atoms with E-state index in [1.54, 1.807) is 0 Å². The second kappa shape index (κ2) is 6.05. The average Bonchev–Trinajstić information content (AvgIpc) is 2.15. The summed E-state index contributed by atoms with van der Waals surface area (Å²) >= 11 is 0. The maximum absolute atomic E-state index is 11.5. The standard InChI is InChI=1S/C13H21NO2S/c1-4-6-17(15,16)7-5-14-13-9-11(2)8-12(3)10-13/h8-10,14H,4-7H2,1-3H3. The molecule has 0 aliphatic rings. The Kier molecular flexibility index (Phi) is 5.00. The topological polar surface area (TPSA) is 46.2 Å². The zero-order valence-electron chi connectivity index (χ0n) is 10.8. The molecule has 0 fully saturated rings. The first-order valence-corrected chi connectivity index (χ1v) is 7.77. The van der Waals surface area contributed by atoms with Crippen LogP contribution < -0.4 is 5.32 Å². The molecule has 0 amide bonds. The summed E-state index contributed by atoms with van der Waals surface area (Å²) in [6.07, 6.45) is 0.686. The van der Waals surface area contributed by atoms with Crippen molar-refractivity contribution in [3.63, 3.8) is 0 Å². The number of rotatable bonds is 6. The van der Waals surface area contributed by atoms with E-state index in [2.05, 4.69) is 11.4 Å². The summed E-state index contributed by atoms with van der Waals surface area (Å²) in [7, 11) is -2.88. The fourth-order valence-corrected chi connectivity index (χ4v) is 3.08. The Morgan fingerprint density at radius 2 is 1.65 bits per heavy atom. The smallest absolute Gasteiger partial charge is 0.152 e. The molecule has 1 aromatic carbocycles. The Balaban J connectivity index is 2.51. The number of sulfone groups is 1. The van der Waals surface area contributed by atoms with Crippen molar-refractivity contribution in [3.05, 3.63) is 29.3 Å². The van der Waals surface area contributed by atoms with Gasteiger partial charge in [-0.3, -0.25) is 0 Å². The Hall–Kier alpha value is -1.03. The molecule has 0 radical (unpaired) electrons. The van der Waals surface area contributed by atoms with Gasteiger partial charge >= 0.3 is 0 Å². The van der Waals surface area contributed by atoms with Crippen molar-refractivity contribution in [2.24, 2.45) is 0 Å². The van der Waals surface area contributed by atoms with Crippen LogP contribution in [0.15, 0.2) is 18.2 Å². The van der Waals surface area contributed by atoms with Gasteiger partial charge in [0.05, 0.1) is 5.75 Å². The van der Waals surface area contributed by atoms with Crippen molar-refractivity contribution in [3.8, 4) is 0 Å². The Morgan fingerprint density at radius 1 is 1.06 bits per heavy atom. The second-order valence-corrected chi connectivity index (χ2v) is 6.76. The largest absolute Gasteiger partial charge is 0.384 e. The molecular weight excluding hydrogens is 234 g/mol. The zero-order chi connectivity index (χ0) is 12.9. The summed E-state index contributed by atoms with van der Waals surface area (Å²) in [4.78, 5) is 0. The molecule has 0 spiro atoms. The van der Waals surface area contributed by atoms with Gasteiger partial charge in [0.1, 0.15) is 0 Å². The Bertz CT molecular complexity index is 446. The summed E-state index contributed by atoms with van der Waals surface area (Å²) in [6.45, 7) is 6.43. The van der Waals surface area contributed by atoms with E-state index in [9.17, 15) is 8.42 Å². The highest BCUT2D eigenvalue weighted by molar-refractivity contribution is 7.91. The maximum atomic E-state index is 11.5. The van der Waals surface area contributed by atoms with Gasteiger partial charge in [-0.25, -0.2) is 8.42 Å². The van der Waals surface area contributed by atoms with Gasteiger partial charge in [-0.15, -0.1) is 0 Å². The normalized spacial score (nSPS) is 11.5. The third-order valence-electron chi connectivity index (χ3n) is 2.48. The minimum absolute atomic E-state index is 0.202. The molecule has 0 bridgehead atoms. The number of aryl methyl sites for hydroxylation is 2. The summed E-state index contributed by atoms with van der Waals surface area (Å²) in [6, 6.07) is 6.15. The molecule has 0 saturated heterocycles. The third kappa shape index (κ3) is 5.22. The minimum Gasteiger partial charge on any atom is -0.384 e. The predicted octanol–water partition coefficient (Wildman–Crippen LogP) is 2.54. The van der Waals surface area contributed by atoms with Crippen molar-refractivity contribution in [1.29, 1.82) is 0 Å². The lowest BCUT2D eigenvalue weighted by atomic mass is 10.1. The summed E-state index contributed by atoms with van der Waals surface area (Å²) in [5.41, 5.74) is 3.36. The molecule has 4 heteroatoms. The van der Waals surface area contributed by atoms with E-state index >= 15 is 0 Å². The van der Waals surface area contributed by atoms with Crippen LogP contribution in [0.4, 0.5) is 5.69 Å². The highest BCUT2D eigenvalue weighted by Crippen LogP contribution is 2.13. The van der Waals surface area contributed by atoms with Crippen LogP contribution in [-0.4, -0.2) is 26.5 Å². The van der Waals surface area contributed by atoms with E-state index in [0.29, 0.717) is 13.0 Å². The molecule has 0 saturated carbocycles. The minimum atomic E-state index is -2.88. The first kappa shape index (κ1) is 14.0. The molecule has 17 heavy (non-hydrogen) atoms. The zero-order valence-corrected chi connectivity index (χ0v) is 11.6. The van der Waals surface area contributed by atoms with E-state index in [4.69, 9.17) is 0 Å². The first-order valence-electron chi connectivity index (χ1n) is 5.95. The van der Waals surface area contributed by atoms with Gasteiger partial charge in [0.25, 0.3) is 0 Å². The number of nitrogens with one attached hydrogen (secondary N) is 1. The molecule has 0 aliphatic heterocycles. The van der Waals surface area contributed by atoms with Crippen molar-refractivity contribution in [2.75, 3.05) is 23.4 Å². The van der Waals surface area contributed by atoms with Crippen molar-refractivity contribution in [1.82, 2.24) is 0 Å². The van der Waals surface area contributed by atoms with Crippen LogP contribution in [0.1, 0.15) is 24.5 Å². The van der Waals surface area contributed by atoms with E-state index in [0.717, 1.165) is 5.69 Å². The number of hydrogen-bond acceptors (Lipinski definition) is 3. The molecule has 1 aromatic rings. The van der Waals surface area contributed by atoms with Crippen molar-refractivity contribution >= 4 is 15.5 Å². The fraction of sp³-hybridized carbons (Fsp3) is 0.538. The van der Waals surface area contributed by atoms with Gasteiger partial charge in [0, 0.05) is 18.0 Å². The highest BCUT2D eigenvalue weighted by atomic mass is 32.2. The van der Waals surface area contributed by atoms with Gasteiger partial charge in [-0.2, -0.15) is 0 Å². The number of benzene rings is 1. The van der Waals surface area contributed by atoms with Crippen LogP contribution in [0.2, 0.25) is 0 Å². The van der Waals surface area contributed by atoms with Crippen molar-refractivity contribution < 1.29 is 8.42 Å². The molecule has 3 nitrogen and oxygen atoms in total. The van der Waals surface area contributed by atoms with Gasteiger partial charge < -0.3 is 5.32 Å². The van der Waals surface area contributed by atoms with Gasteiger partial charge in [0.15, 0.2) is 9.84 Å². The number of anilines is 1. The summed E-state index contributed by atoms with van der Waals surface area (Å²) in [5, 5.41) is 3.16. The average molecular weight is 255 g/mol. The van der Waals surface area contributed by atoms with Crippen LogP contribution in [0, 0.1) is 13.8 Å². The quantitative estimate of drug-likeness (QED) is 0.849. The second-order valence-electron chi connectivity index (χ2n) is 4.45. The lowest BCUT2D eigenvalue weighted by Gasteiger charge is -2.08. The fourth-order valence-electron chi connectivity index (χ4n) is 1.84. The van der Waals surface area contributed by atoms with E-state index in [-0.39, 0.29) is 11.5 Å². The van der Waals surface area contributed by atoms with E-state index in [1.165, 1.54) is 11.1 Å². The molecule has 0 aliphatic carbocycles. The highest BCUT2D eigenvalue weighted by Gasteiger charge is 2.08. The summed E-state index contributed by atoms with van der Waals surface area (Å²) < 4.78 is 23.0.